The number of rotatable bonds is 44. The normalized spacial score (nSPS) is 14.6. The average Bonchev–Trinajstić information content (AvgIpc) is 1.99. The lowest BCUT2D eigenvalue weighted by Gasteiger charge is -2.29. The molecule has 0 bridgehead atoms. The maximum Gasteiger partial charge on any atom is 0.326 e. The van der Waals surface area contributed by atoms with Gasteiger partial charge < -0.3 is 120 Å². The molecule has 11 atom stereocenters. The molecule has 36 heteroatoms. The molecule has 0 radical (unpaired) electrons. The number of carboxylic acid groups (broad SMARTS) is 1. The third kappa shape index (κ3) is 29.8. The summed E-state index contributed by atoms with van der Waals surface area (Å²) in [6.45, 7) is 9.30. The van der Waals surface area contributed by atoms with Gasteiger partial charge in [0.2, 0.25) is 53.2 Å². The number of para-hydroxylation sites is 1. The largest absolute Gasteiger partial charge is 0.480 e. The fourth-order valence-electron chi connectivity index (χ4n) is 9.45. The molecule has 2 aromatic rings. The van der Waals surface area contributed by atoms with E-state index in [2.05, 4.69) is 72.8 Å². The van der Waals surface area contributed by atoms with E-state index < -0.39 is 137 Å². The van der Waals surface area contributed by atoms with Gasteiger partial charge in [-0.15, -0.1) is 0 Å². The van der Waals surface area contributed by atoms with Crippen molar-refractivity contribution in [3.8, 4) is 0 Å². The zero-order chi connectivity index (χ0) is 70.8. The first-order chi connectivity index (χ1) is 44.3. The number of nitrogens with zero attached hydrogens (tertiary/aromatic N) is 4. The number of fused-ring (bicyclic) bond motifs is 1. The quantitative estimate of drug-likeness (QED) is 0.0167. The van der Waals surface area contributed by atoms with E-state index in [0.29, 0.717) is 12.8 Å². The Labute approximate surface area is 546 Å². The fraction of sp³-hybridized carbons (Fsp3) is 0.621. The average molecular weight is 1330 g/mol. The second kappa shape index (κ2) is 41.8. The smallest absolute Gasteiger partial charge is 0.326 e. The Hall–Kier alpha value is -9.58. The number of benzene rings is 1. The molecule has 1 aromatic heterocycles. The molecule has 1 aromatic carbocycles. The highest BCUT2D eigenvalue weighted by Gasteiger charge is 2.37. The standard InChI is InChI=1S/C58H102N24O12/c1-29(2)42(51(90)74-31(5)45(84)75-37(17-9-10-22-59)49(88)80-43(30(3)4)52(91)78-39(19-12-24-70-56(63)64)48(87)79-41(54(93)94)21-14-26-72-58(67)68)81-53(92)44(32(6)83)82-50(89)40(20-13-25-71-57(65)66)77-47(86)38(18-11-23-69-55(61)62)76-46(85)35(60)27-33-28-73-36-16-8-7-15-34(33)36/h7-8,15-16,28-32,35,37-44,73,83H,9-14,17-27,59-60H2,1-6H3,(H,74,90)(H,75,84)(H,76,85)(H,77,86)(H,78,91)(H,79,87)(H,80,88)(H,81,92)(H,82,89)(H,93,94)(H4,61,62,69)(H4,63,64,70)(H4,65,66,71)(H4,67,68,72)/t31-,32+,35-,37-,38-,39-,40-,41-,42-,43-,44-/m0/s1. The summed E-state index contributed by atoms with van der Waals surface area (Å²) in [5, 5.41) is 44.9. The lowest BCUT2D eigenvalue weighted by atomic mass is 10.00. The molecule has 0 saturated heterocycles. The lowest BCUT2D eigenvalue weighted by Crippen LogP contribution is -2.62. The molecule has 0 spiro atoms. The summed E-state index contributed by atoms with van der Waals surface area (Å²) in [5.41, 5.74) is 57.5. The summed E-state index contributed by atoms with van der Waals surface area (Å²) >= 11 is 0. The van der Waals surface area contributed by atoms with Gasteiger partial charge in [0, 0.05) is 43.3 Å². The number of aliphatic carboxylic acids is 1. The second-order valence-corrected chi connectivity index (χ2v) is 23.3. The number of carbonyl (C=O) groups is 10. The molecule has 94 heavy (non-hydrogen) atoms. The van der Waals surface area contributed by atoms with Gasteiger partial charge in [0.05, 0.1) is 12.1 Å². The van der Waals surface area contributed by atoms with E-state index in [1.54, 1.807) is 33.9 Å². The van der Waals surface area contributed by atoms with E-state index in [1.165, 1.54) is 13.8 Å². The van der Waals surface area contributed by atoms with Gasteiger partial charge in [0.1, 0.15) is 54.4 Å². The van der Waals surface area contributed by atoms with Gasteiger partial charge in [-0.2, -0.15) is 0 Å². The molecule has 0 aliphatic heterocycles. The number of aliphatic hydroxyl groups is 1. The molecular formula is C58H102N24O12. The minimum Gasteiger partial charge on any atom is -0.480 e. The number of hydrogen-bond donors (Lipinski definition) is 22. The first-order valence-electron chi connectivity index (χ1n) is 31.1. The molecule has 0 saturated carbocycles. The number of aliphatic imine (C=N–C) groups is 4. The van der Waals surface area contributed by atoms with Crippen LogP contribution in [0.15, 0.2) is 50.4 Å². The van der Waals surface area contributed by atoms with Crippen molar-refractivity contribution < 1.29 is 58.2 Å². The molecule has 9 amide bonds. The SMILES string of the molecule is CC(C)[C@H](NC(=O)[C@H](CCCCN)NC(=O)[C@H](C)NC(=O)[C@@H](NC(=O)[C@@H](NC(=O)[C@H](CCCN=C(N)N)NC(=O)[C@H](CCCN=C(N)N)NC(=O)[C@@H](N)Cc1c[nH]c2ccccc12)[C@@H](C)O)C(C)C)C(=O)N[C@@H](CCCN=C(N)N)C(=O)N[C@@H](CCCN=C(N)N)C(=O)O. The predicted octanol–water partition coefficient (Wildman–Crippen LogP) is -6.46. The first kappa shape index (κ1) is 80.5. The maximum absolute atomic E-state index is 14.3. The topological polar surface area (TPSA) is 645 Å². The summed E-state index contributed by atoms with van der Waals surface area (Å²) in [6, 6.07) is -6.41. The number of nitrogens with two attached hydrogens (primary N) is 10. The van der Waals surface area contributed by atoms with Crippen LogP contribution in [0.3, 0.4) is 0 Å². The number of carbonyl (C=O) groups excluding carboxylic acids is 9. The van der Waals surface area contributed by atoms with E-state index >= 15 is 0 Å². The predicted molar refractivity (Wildman–Crippen MR) is 355 cm³/mol. The molecule has 0 aliphatic rings. The second-order valence-electron chi connectivity index (χ2n) is 23.3. The molecule has 0 fully saturated rings. The summed E-state index contributed by atoms with van der Waals surface area (Å²) in [6.07, 6.45) is 1.29. The van der Waals surface area contributed by atoms with E-state index in [1.807, 2.05) is 24.3 Å². The number of aromatic amines is 1. The van der Waals surface area contributed by atoms with Crippen molar-refractivity contribution >= 4 is 93.9 Å². The number of carboxylic acids is 1. The van der Waals surface area contributed by atoms with Crippen LogP contribution in [-0.2, 0) is 54.4 Å². The van der Waals surface area contributed by atoms with E-state index in [-0.39, 0.29) is 121 Å². The number of unbranched alkanes of at least 4 members (excludes halogenated alkanes) is 1. The Morgan fingerprint density at radius 3 is 1.22 bits per heavy atom. The van der Waals surface area contributed by atoms with Crippen molar-refractivity contribution in [1.82, 2.24) is 52.8 Å². The third-order valence-electron chi connectivity index (χ3n) is 14.6. The van der Waals surface area contributed by atoms with E-state index in [4.69, 9.17) is 57.3 Å². The van der Waals surface area contributed by atoms with Gasteiger partial charge in [-0.3, -0.25) is 63.1 Å². The van der Waals surface area contributed by atoms with Crippen LogP contribution in [0.4, 0.5) is 0 Å². The Bertz CT molecular complexity index is 2940. The Morgan fingerprint density at radius 1 is 0.447 bits per heavy atom. The Balaban J connectivity index is 2.35. The zero-order valence-electron chi connectivity index (χ0n) is 54.5. The van der Waals surface area contributed by atoms with Crippen LogP contribution in [0, 0.1) is 11.8 Å². The molecule has 526 valence electrons. The van der Waals surface area contributed by atoms with Gasteiger partial charge >= 0.3 is 5.97 Å². The van der Waals surface area contributed by atoms with Crippen LogP contribution in [0.1, 0.15) is 118 Å². The fourth-order valence-corrected chi connectivity index (χ4v) is 9.45. The number of aliphatic hydroxyl groups excluding tert-OH is 1. The van der Waals surface area contributed by atoms with Crippen molar-refractivity contribution in [2.75, 3.05) is 32.7 Å². The van der Waals surface area contributed by atoms with Gasteiger partial charge in [-0.05, 0) is 121 Å². The molecule has 2 rings (SSSR count). The van der Waals surface area contributed by atoms with Gasteiger partial charge in [0.25, 0.3) is 0 Å². The van der Waals surface area contributed by atoms with Gasteiger partial charge in [0.15, 0.2) is 23.8 Å². The van der Waals surface area contributed by atoms with Crippen LogP contribution in [0.25, 0.3) is 10.9 Å². The molecule has 0 aliphatic carbocycles. The Kier molecular flexibility index (Phi) is 35.8. The van der Waals surface area contributed by atoms with Crippen LogP contribution < -0.4 is 105 Å². The van der Waals surface area contributed by atoms with Gasteiger partial charge in [-0.25, -0.2) is 4.79 Å². The van der Waals surface area contributed by atoms with Crippen molar-refractivity contribution in [2.24, 2.45) is 89.1 Å². The van der Waals surface area contributed by atoms with Crippen molar-refractivity contribution in [3.05, 3.63) is 36.0 Å². The summed E-state index contributed by atoms with van der Waals surface area (Å²) in [7, 11) is 0. The molecule has 0 unspecified atom stereocenters. The first-order valence-corrected chi connectivity index (χ1v) is 31.1. The van der Waals surface area contributed by atoms with E-state index in [9.17, 15) is 58.2 Å². The molecular weight excluding hydrogens is 1220 g/mol. The van der Waals surface area contributed by atoms with Crippen molar-refractivity contribution in [3.63, 3.8) is 0 Å². The number of hydrogen-bond acceptors (Lipinski definition) is 17. The lowest BCUT2D eigenvalue weighted by molar-refractivity contribution is -0.142. The number of nitrogens with one attached hydrogen (secondary N) is 10. The van der Waals surface area contributed by atoms with Crippen molar-refractivity contribution in [1.29, 1.82) is 0 Å². The number of amides is 9. The minimum atomic E-state index is -1.76. The number of H-pyrrole nitrogens is 1. The van der Waals surface area contributed by atoms with Gasteiger partial charge in [-0.1, -0.05) is 45.9 Å². The van der Waals surface area contributed by atoms with Crippen LogP contribution in [0.5, 0.6) is 0 Å². The maximum atomic E-state index is 14.3. The molecule has 1 heterocycles. The minimum absolute atomic E-state index is 0.00544. The van der Waals surface area contributed by atoms with E-state index in [0.717, 1.165) is 16.5 Å². The highest BCUT2D eigenvalue weighted by atomic mass is 16.4. The third-order valence-corrected chi connectivity index (χ3v) is 14.6. The summed E-state index contributed by atoms with van der Waals surface area (Å²) in [4.78, 5) is 157. The molecule has 32 N–H and O–H groups in total. The van der Waals surface area contributed by atoms with Crippen LogP contribution in [-0.4, -0.2) is 197 Å². The Morgan fingerprint density at radius 2 is 0.798 bits per heavy atom. The highest BCUT2D eigenvalue weighted by Crippen LogP contribution is 2.19. The van der Waals surface area contributed by atoms with Crippen LogP contribution >= 0.6 is 0 Å². The van der Waals surface area contributed by atoms with Crippen molar-refractivity contribution in [2.45, 2.75) is 185 Å². The highest BCUT2D eigenvalue weighted by molar-refractivity contribution is 5.99. The number of aromatic nitrogens is 1. The number of guanidine groups is 4. The molecule has 36 nitrogen and oxygen atoms in total. The summed E-state index contributed by atoms with van der Waals surface area (Å²) < 4.78 is 0. The summed E-state index contributed by atoms with van der Waals surface area (Å²) in [5.74, 6) is -11.4. The zero-order valence-corrected chi connectivity index (χ0v) is 54.5. The monoisotopic (exact) mass is 1330 g/mol. The van der Waals surface area contributed by atoms with Crippen LogP contribution in [0.2, 0.25) is 0 Å².